The summed E-state index contributed by atoms with van der Waals surface area (Å²) in [5.41, 5.74) is 6.82. The lowest BCUT2D eigenvalue weighted by Gasteiger charge is -2.23. The topological polar surface area (TPSA) is 54.2 Å². The van der Waals surface area contributed by atoms with Crippen LogP contribution in [-0.4, -0.2) is 34.9 Å². The van der Waals surface area contributed by atoms with Gasteiger partial charge in [0.15, 0.2) is 0 Å². The Balaban J connectivity index is 1.89. The molecule has 0 amide bonds. The smallest absolute Gasteiger partial charge is 0.142 e. The second kappa shape index (κ2) is 5.01. The molecule has 4 nitrogen and oxygen atoms in total. The summed E-state index contributed by atoms with van der Waals surface area (Å²) in [6, 6.07) is 0.674. The van der Waals surface area contributed by atoms with Crippen molar-refractivity contribution in [3.05, 3.63) is 5.56 Å². The van der Waals surface area contributed by atoms with E-state index < -0.39 is 0 Å². The molecule has 0 radical (unpaired) electrons. The van der Waals surface area contributed by atoms with Crippen molar-refractivity contribution in [3.8, 4) is 0 Å². The zero-order valence-corrected chi connectivity index (χ0v) is 10.8. The summed E-state index contributed by atoms with van der Waals surface area (Å²) >= 11 is 1.46. The van der Waals surface area contributed by atoms with Gasteiger partial charge in [0.05, 0.1) is 0 Å². The Bertz CT molecular complexity index is 350. The van der Waals surface area contributed by atoms with Crippen LogP contribution in [0, 0.1) is 6.92 Å². The zero-order valence-electron chi connectivity index (χ0n) is 9.99. The van der Waals surface area contributed by atoms with E-state index in [0.717, 1.165) is 23.7 Å². The van der Waals surface area contributed by atoms with Gasteiger partial charge in [-0.1, -0.05) is 6.92 Å². The highest BCUT2D eigenvalue weighted by Gasteiger charge is 2.22. The molecule has 1 aromatic rings. The van der Waals surface area contributed by atoms with Crippen LogP contribution in [0.3, 0.4) is 0 Å². The summed E-state index contributed by atoms with van der Waals surface area (Å²) in [6.07, 6.45) is 2.62. The maximum absolute atomic E-state index is 5.73. The molecule has 16 heavy (non-hydrogen) atoms. The summed E-state index contributed by atoms with van der Waals surface area (Å²) in [5, 5.41) is 4.60. The van der Waals surface area contributed by atoms with Crippen molar-refractivity contribution < 1.29 is 0 Å². The Morgan fingerprint density at radius 2 is 2.44 bits per heavy atom. The molecule has 90 valence electrons. The molecular formula is C11H20N4S. The Morgan fingerprint density at radius 1 is 1.62 bits per heavy atom. The van der Waals surface area contributed by atoms with Crippen LogP contribution >= 0.6 is 11.5 Å². The lowest BCUT2D eigenvalue weighted by molar-refractivity contribution is 0.277. The molecule has 1 fully saturated rings. The molecule has 1 unspecified atom stereocenters. The van der Waals surface area contributed by atoms with Gasteiger partial charge in [0.1, 0.15) is 10.8 Å². The Labute approximate surface area is 101 Å². The molecule has 0 aromatic carbocycles. The monoisotopic (exact) mass is 240 g/mol. The van der Waals surface area contributed by atoms with E-state index in [1.54, 1.807) is 0 Å². The first-order valence-corrected chi connectivity index (χ1v) is 6.69. The summed E-state index contributed by atoms with van der Waals surface area (Å²) in [6.45, 7) is 7.65. The predicted octanol–water partition coefficient (Wildman–Crippen LogP) is 1.93. The zero-order chi connectivity index (χ0) is 11.5. The van der Waals surface area contributed by atoms with Crippen molar-refractivity contribution in [1.29, 1.82) is 0 Å². The van der Waals surface area contributed by atoms with Gasteiger partial charge in [-0.25, -0.2) is 0 Å². The molecule has 0 saturated carbocycles. The molecule has 2 rings (SSSR count). The van der Waals surface area contributed by atoms with Gasteiger partial charge in [-0.3, -0.25) is 4.90 Å². The molecule has 1 aliphatic heterocycles. The third-order valence-electron chi connectivity index (χ3n) is 3.36. The summed E-state index contributed by atoms with van der Waals surface area (Å²) < 4.78 is 4.14. The van der Waals surface area contributed by atoms with Gasteiger partial charge >= 0.3 is 0 Å². The van der Waals surface area contributed by atoms with E-state index in [1.807, 2.05) is 6.92 Å². The molecule has 3 N–H and O–H groups in total. The highest BCUT2D eigenvalue weighted by Crippen LogP contribution is 2.26. The minimum absolute atomic E-state index is 0.659. The van der Waals surface area contributed by atoms with Gasteiger partial charge in [-0.15, -0.1) is 0 Å². The summed E-state index contributed by atoms with van der Waals surface area (Å²) in [4.78, 5) is 2.53. The minimum atomic E-state index is 0.659. The van der Waals surface area contributed by atoms with Gasteiger partial charge < -0.3 is 11.1 Å². The molecule has 1 aromatic heterocycles. The van der Waals surface area contributed by atoms with Crippen molar-refractivity contribution in [2.75, 3.05) is 30.7 Å². The number of rotatable bonds is 4. The van der Waals surface area contributed by atoms with Crippen molar-refractivity contribution >= 4 is 22.4 Å². The van der Waals surface area contributed by atoms with E-state index in [4.69, 9.17) is 5.73 Å². The molecule has 1 aliphatic rings. The van der Waals surface area contributed by atoms with Crippen LogP contribution in [0.5, 0.6) is 0 Å². The van der Waals surface area contributed by atoms with Crippen molar-refractivity contribution in [1.82, 2.24) is 9.27 Å². The molecular weight excluding hydrogens is 220 g/mol. The second-order valence-corrected chi connectivity index (χ2v) is 5.10. The number of nitrogen functional groups attached to an aromatic ring is 1. The Hall–Kier alpha value is -0.810. The quantitative estimate of drug-likeness (QED) is 0.844. The standard InChI is InChI=1S/C11H20N4S/c1-3-15-6-4-5-9(15)7-13-11-8(2)10(12)14-16-11/h9,13H,3-7H2,1-2H3,(H2,12,14). The van der Waals surface area contributed by atoms with E-state index in [-0.39, 0.29) is 0 Å². The third-order valence-corrected chi connectivity index (χ3v) is 4.28. The van der Waals surface area contributed by atoms with Crippen molar-refractivity contribution in [2.45, 2.75) is 32.7 Å². The highest BCUT2D eigenvalue weighted by molar-refractivity contribution is 7.10. The number of nitrogens with zero attached hydrogens (tertiary/aromatic N) is 2. The molecule has 0 bridgehead atoms. The molecule has 1 saturated heterocycles. The van der Waals surface area contributed by atoms with Crippen LogP contribution in [0.4, 0.5) is 10.8 Å². The maximum Gasteiger partial charge on any atom is 0.142 e. The van der Waals surface area contributed by atoms with Crippen molar-refractivity contribution in [2.24, 2.45) is 0 Å². The highest BCUT2D eigenvalue weighted by atomic mass is 32.1. The normalized spacial score (nSPS) is 21.5. The average molecular weight is 240 g/mol. The number of nitrogens with two attached hydrogens (primary N) is 1. The third kappa shape index (κ3) is 2.30. The number of aromatic nitrogens is 1. The van der Waals surface area contributed by atoms with Crippen LogP contribution in [0.1, 0.15) is 25.3 Å². The Morgan fingerprint density at radius 3 is 3.06 bits per heavy atom. The lowest BCUT2D eigenvalue weighted by atomic mass is 10.2. The first-order valence-electron chi connectivity index (χ1n) is 5.92. The molecule has 2 heterocycles. The maximum atomic E-state index is 5.73. The minimum Gasteiger partial charge on any atom is -0.383 e. The van der Waals surface area contributed by atoms with Gasteiger partial charge in [-0.2, -0.15) is 4.37 Å². The van der Waals surface area contributed by atoms with E-state index in [1.165, 1.54) is 30.9 Å². The average Bonchev–Trinajstić information content (AvgIpc) is 2.86. The number of likely N-dealkylation sites (N-methyl/N-ethyl adjacent to an activating group) is 1. The number of likely N-dealkylation sites (tertiary alicyclic amines) is 1. The summed E-state index contributed by atoms with van der Waals surface area (Å²) in [7, 11) is 0. The molecule has 0 aliphatic carbocycles. The second-order valence-electron chi connectivity index (χ2n) is 4.33. The molecule has 5 heteroatoms. The van der Waals surface area contributed by atoms with Crippen LogP contribution in [0.2, 0.25) is 0 Å². The predicted molar refractivity (Wildman–Crippen MR) is 70.0 cm³/mol. The fraction of sp³-hybridized carbons (Fsp3) is 0.727. The number of nitrogens with one attached hydrogen (secondary N) is 1. The largest absolute Gasteiger partial charge is 0.383 e. The fourth-order valence-electron chi connectivity index (χ4n) is 2.27. The number of hydrogen-bond donors (Lipinski definition) is 2. The number of anilines is 2. The lowest BCUT2D eigenvalue weighted by Crippen LogP contribution is -2.34. The van der Waals surface area contributed by atoms with Crippen LogP contribution < -0.4 is 11.1 Å². The fourth-order valence-corrected chi connectivity index (χ4v) is 2.98. The van der Waals surface area contributed by atoms with Crippen LogP contribution in [0.15, 0.2) is 0 Å². The molecule has 1 atom stereocenters. The van der Waals surface area contributed by atoms with Crippen LogP contribution in [0.25, 0.3) is 0 Å². The van der Waals surface area contributed by atoms with Gasteiger partial charge in [-0.05, 0) is 44.4 Å². The summed E-state index contributed by atoms with van der Waals surface area (Å²) in [5.74, 6) is 0.659. The van der Waals surface area contributed by atoms with E-state index >= 15 is 0 Å². The van der Waals surface area contributed by atoms with E-state index in [9.17, 15) is 0 Å². The van der Waals surface area contributed by atoms with Gasteiger partial charge in [0.2, 0.25) is 0 Å². The first-order chi connectivity index (χ1) is 7.72. The Kier molecular flexibility index (Phi) is 3.66. The number of hydrogen-bond acceptors (Lipinski definition) is 5. The first kappa shape index (κ1) is 11.7. The molecule has 0 spiro atoms. The van der Waals surface area contributed by atoms with E-state index in [2.05, 4.69) is 21.5 Å². The van der Waals surface area contributed by atoms with E-state index in [0.29, 0.717) is 11.9 Å². The van der Waals surface area contributed by atoms with Gasteiger partial charge in [0.25, 0.3) is 0 Å². The SMILES string of the molecule is CCN1CCCC1CNc1snc(N)c1C. The van der Waals surface area contributed by atoms with Gasteiger partial charge in [0, 0.05) is 18.2 Å². The van der Waals surface area contributed by atoms with Crippen LogP contribution in [-0.2, 0) is 0 Å². The van der Waals surface area contributed by atoms with Crippen molar-refractivity contribution in [3.63, 3.8) is 0 Å².